The summed E-state index contributed by atoms with van der Waals surface area (Å²) in [7, 11) is 0. The lowest BCUT2D eigenvalue weighted by Gasteiger charge is -2.16. The van der Waals surface area contributed by atoms with Crippen LogP contribution in [0.5, 0.6) is 0 Å². The molecule has 1 aromatic heterocycles. The second-order valence-corrected chi connectivity index (χ2v) is 4.13. The molecule has 0 amide bonds. The second kappa shape index (κ2) is 7.85. The van der Waals surface area contributed by atoms with Gasteiger partial charge in [0.05, 0.1) is 4.88 Å². The Balaban J connectivity index is 0.00000196. The molecule has 1 rings (SSSR count). The van der Waals surface area contributed by atoms with Crippen LogP contribution < -0.4 is 0 Å². The van der Waals surface area contributed by atoms with Crippen molar-refractivity contribution in [2.45, 2.75) is 20.3 Å². The molecule has 4 heteroatoms. The predicted molar refractivity (Wildman–Crippen MR) is 68.3 cm³/mol. The zero-order valence-electron chi connectivity index (χ0n) is 9.23. The number of ketones is 1. The van der Waals surface area contributed by atoms with Gasteiger partial charge in [0.15, 0.2) is 5.78 Å². The molecule has 0 aliphatic carbocycles. The minimum Gasteiger partial charge on any atom is -0.303 e. The minimum atomic E-state index is 0. The van der Waals surface area contributed by atoms with Crippen molar-refractivity contribution in [3.05, 3.63) is 22.4 Å². The molecule has 0 atom stereocenters. The number of Topliss-reactive ketones (excluding diaryl/α,β-unsaturated/α-hetero) is 1. The van der Waals surface area contributed by atoms with Crippen molar-refractivity contribution < 1.29 is 4.79 Å². The molecule has 1 heterocycles. The van der Waals surface area contributed by atoms with E-state index < -0.39 is 0 Å². The summed E-state index contributed by atoms with van der Waals surface area (Å²) in [6, 6.07) is 3.82. The van der Waals surface area contributed by atoms with Crippen LogP contribution in [0.3, 0.4) is 0 Å². The number of carbonyl (C=O) groups is 1. The molecular formula is C11H18ClNOS. The molecule has 1 aromatic rings. The zero-order valence-corrected chi connectivity index (χ0v) is 10.9. The SMILES string of the molecule is CCN(CC)CCC(=O)c1cccs1.Cl. The highest BCUT2D eigenvalue weighted by Gasteiger charge is 2.08. The summed E-state index contributed by atoms with van der Waals surface area (Å²) < 4.78 is 0. The van der Waals surface area contributed by atoms with E-state index in [0.717, 1.165) is 24.5 Å². The van der Waals surface area contributed by atoms with Crippen molar-refractivity contribution in [2.24, 2.45) is 0 Å². The maximum absolute atomic E-state index is 11.6. The summed E-state index contributed by atoms with van der Waals surface area (Å²) in [6.45, 7) is 7.17. The molecule has 15 heavy (non-hydrogen) atoms. The first kappa shape index (κ1) is 14.6. The highest BCUT2D eigenvalue weighted by atomic mass is 35.5. The number of hydrogen-bond acceptors (Lipinski definition) is 3. The van der Waals surface area contributed by atoms with Gasteiger partial charge in [-0.3, -0.25) is 4.79 Å². The largest absolute Gasteiger partial charge is 0.303 e. The Morgan fingerprint density at radius 1 is 1.40 bits per heavy atom. The van der Waals surface area contributed by atoms with Crippen molar-refractivity contribution in [1.82, 2.24) is 4.90 Å². The fraction of sp³-hybridized carbons (Fsp3) is 0.545. The summed E-state index contributed by atoms with van der Waals surface area (Å²) in [5.74, 6) is 0.270. The van der Waals surface area contributed by atoms with Gasteiger partial charge in [-0.05, 0) is 24.5 Å². The highest BCUT2D eigenvalue weighted by molar-refractivity contribution is 7.12. The standard InChI is InChI=1S/C11H17NOS.ClH/c1-3-12(4-2)8-7-10(13)11-6-5-9-14-11;/h5-6,9H,3-4,7-8H2,1-2H3;1H. The summed E-state index contributed by atoms with van der Waals surface area (Å²) in [5, 5.41) is 1.95. The summed E-state index contributed by atoms with van der Waals surface area (Å²) in [4.78, 5) is 14.8. The van der Waals surface area contributed by atoms with Crippen LogP contribution in [0.15, 0.2) is 17.5 Å². The second-order valence-electron chi connectivity index (χ2n) is 3.18. The fourth-order valence-electron chi connectivity index (χ4n) is 1.36. The molecule has 2 nitrogen and oxygen atoms in total. The van der Waals surface area contributed by atoms with Gasteiger partial charge in [0.1, 0.15) is 0 Å². The van der Waals surface area contributed by atoms with Gasteiger partial charge < -0.3 is 4.90 Å². The van der Waals surface area contributed by atoms with Crippen LogP contribution in [-0.4, -0.2) is 30.3 Å². The number of carbonyl (C=O) groups excluding carboxylic acids is 1. The van der Waals surface area contributed by atoms with Gasteiger partial charge in [-0.25, -0.2) is 0 Å². The Bertz CT molecular complexity index is 270. The van der Waals surface area contributed by atoms with Gasteiger partial charge in [-0.2, -0.15) is 0 Å². The van der Waals surface area contributed by atoms with E-state index in [1.54, 1.807) is 0 Å². The Hall–Kier alpha value is -0.380. The van der Waals surface area contributed by atoms with E-state index in [0.29, 0.717) is 6.42 Å². The number of halogens is 1. The maximum atomic E-state index is 11.6. The van der Waals surface area contributed by atoms with Gasteiger partial charge >= 0.3 is 0 Å². The normalized spacial score (nSPS) is 10.1. The van der Waals surface area contributed by atoms with Crippen molar-refractivity contribution >= 4 is 29.5 Å². The van der Waals surface area contributed by atoms with Gasteiger partial charge in [-0.1, -0.05) is 19.9 Å². The van der Waals surface area contributed by atoms with E-state index in [-0.39, 0.29) is 18.2 Å². The number of thiophene rings is 1. The predicted octanol–water partition coefficient (Wildman–Crippen LogP) is 3.08. The van der Waals surface area contributed by atoms with E-state index in [2.05, 4.69) is 18.7 Å². The third-order valence-electron chi connectivity index (χ3n) is 2.35. The number of rotatable bonds is 6. The van der Waals surface area contributed by atoms with Crippen LogP contribution >= 0.6 is 23.7 Å². The third-order valence-corrected chi connectivity index (χ3v) is 3.26. The van der Waals surface area contributed by atoms with Gasteiger partial charge in [0, 0.05) is 13.0 Å². The molecule has 0 aliphatic heterocycles. The topological polar surface area (TPSA) is 20.3 Å². The van der Waals surface area contributed by atoms with E-state index in [4.69, 9.17) is 0 Å². The molecular weight excluding hydrogens is 230 g/mol. The van der Waals surface area contributed by atoms with Crippen LogP contribution in [0.2, 0.25) is 0 Å². The molecule has 86 valence electrons. The van der Waals surface area contributed by atoms with Crippen molar-refractivity contribution in [3.63, 3.8) is 0 Å². The van der Waals surface area contributed by atoms with Crippen molar-refractivity contribution in [1.29, 1.82) is 0 Å². The van der Waals surface area contributed by atoms with Crippen LogP contribution in [-0.2, 0) is 0 Å². The van der Waals surface area contributed by atoms with Crippen LogP contribution in [0.1, 0.15) is 29.9 Å². The van der Waals surface area contributed by atoms with Crippen LogP contribution in [0.25, 0.3) is 0 Å². The molecule has 0 N–H and O–H groups in total. The van der Waals surface area contributed by atoms with Crippen molar-refractivity contribution in [3.8, 4) is 0 Å². The lowest BCUT2D eigenvalue weighted by Crippen LogP contribution is -2.25. The first-order valence-corrected chi connectivity index (χ1v) is 5.95. The van der Waals surface area contributed by atoms with Gasteiger partial charge in [0.25, 0.3) is 0 Å². The van der Waals surface area contributed by atoms with Gasteiger partial charge in [0.2, 0.25) is 0 Å². The average Bonchev–Trinajstić information content (AvgIpc) is 2.72. The van der Waals surface area contributed by atoms with E-state index in [1.165, 1.54) is 11.3 Å². The summed E-state index contributed by atoms with van der Waals surface area (Å²) in [5.41, 5.74) is 0. The molecule has 0 spiro atoms. The number of hydrogen-bond donors (Lipinski definition) is 0. The van der Waals surface area contributed by atoms with Gasteiger partial charge in [-0.15, -0.1) is 23.7 Å². The Morgan fingerprint density at radius 3 is 2.53 bits per heavy atom. The first-order chi connectivity index (χ1) is 6.77. The van der Waals surface area contributed by atoms with E-state index in [1.807, 2.05) is 17.5 Å². The lowest BCUT2D eigenvalue weighted by atomic mass is 10.2. The average molecular weight is 248 g/mol. The molecule has 0 radical (unpaired) electrons. The Labute approximate surface area is 102 Å². The molecule has 0 fully saturated rings. The van der Waals surface area contributed by atoms with E-state index >= 15 is 0 Å². The molecule has 0 unspecified atom stereocenters. The molecule has 0 bridgehead atoms. The molecule has 0 aromatic carbocycles. The Morgan fingerprint density at radius 2 is 2.07 bits per heavy atom. The molecule has 0 aliphatic rings. The number of nitrogens with zero attached hydrogens (tertiary/aromatic N) is 1. The highest BCUT2D eigenvalue weighted by Crippen LogP contribution is 2.11. The quantitative estimate of drug-likeness (QED) is 0.720. The molecule has 0 saturated carbocycles. The maximum Gasteiger partial charge on any atom is 0.174 e. The van der Waals surface area contributed by atoms with Crippen LogP contribution in [0.4, 0.5) is 0 Å². The lowest BCUT2D eigenvalue weighted by molar-refractivity contribution is 0.0970. The summed E-state index contributed by atoms with van der Waals surface area (Å²) >= 11 is 1.53. The smallest absolute Gasteiger partial charge is 0.174 e. The monoisotopic (exact) mass is 247 g/mol. The van der Waals surface area contributed by atoms with E-state index in [9.17, 15) is 4.79 Å². The minimum absolute atomic E-state index is 0. The first-order valence-electron chi connectivity index (χ1n) is 5.07. The Kier molecular flexibility index (Phi) is 7.65. The third kappa shape index (κ3) is 4.78. The fourth-order valence-corrected chi connectivity index (χ4v) is 2.05. The molecule has 0 saturated heterocycles. The summed E-state index contributed by atoms with van der Waals surface area (Å²) in [6.07, 6.45) is 0.641. The van der Waals surface area contributed by atoms with Crippen LogP contribution in [0, 0.1) is 0 Å². The zero-order chi connectivity index (χ0) is 10.4. The van der Waals surface area contributed by atoms with Crippen molar-refractivity contribution in [2.75, 3.05) is 19.6 Å².